The lowest BCUT2D eigenvalue weighted by molar-refractivity contribution is -0.134. The molecule has 14 heavy (non-hydrogen) atoms. The minimum Gasteiger partial charge on any atom is -0.305 e. The summed E-state index contributed by atoms with van der Waals surface area (Å²) in [4.78, 5) is 0.543. The fourth-order valence-electron chi connectivity index (χ4n) is 2.40. The van der Waals surface area contributed by atoms with Crippen molar-refractivity contribution >= 4 is 11.3 Å². The standard InChI is InChI=1S/C9H8F3NS/c10-9(11,12)8-4-1-2-5-7(4)6(14-8)3-13-5/h5,13H,1-3H2. The maximum absolute atomic E-state index is 12.6. The lowest BCUT2D eigenvalue weighted by Gasteiger charge is -2.05. The Kier molecular flexibility index (Phi) is 1.57. The quantitative estimate of drug-likeness (QED) is 0.707. The number of rotatable bonds is 0. The van der Waals surface area contributed by atoms with Crippen molar-refractivity contribution in [3.05, 3.63) is 20.9 Å². The maximum Gasteiger partial charge on any atom is 0.425 e. The third-order valence-electron chi connectivity index (χ3n) is 2.92. The molecule has 0 saturated carbocycles. The Balaban J connectivity index is 2.19. The van der Waals surface area contributed by atoms with Crippen molar-refractivity contribution in [2.45, 2.75) is 31.6 Å². The molecule has 2 heterocycles. The molecule has 1 nitrogen and oxygen atoms in total. The van der Waals surface area contributed by atoms with E-state index >= 15 is 0 Å². The molecule has 1 unspecified atom stereocenters. The van der Waals surface area contributed by atoms with Gasteiger partial charge >= 0.3 is 6.18 Å². The molecule has 5 heteroatoms. The van der Waals surface area contributed by atoms with Crippen LogP contribution in [0, 0.1) is 0 Å². The molecular weight excluding hydrogens is 211 g/mol. The average molecular weight is 219 g/mol. The monoisotopic (exact) mass is 219 g/mol. The first-order valence-electron chi connectivity index (χ1n) is 4.52. The van der Waals surface area contributed by atoms with Gasteiger partial charge in [-0.2, -0.15) is 13.2 Å². The van der Waals surface area contributed by atoms with Crippen LogP contribution in [0.1, 0.15) is 33.3 Å². The van der Waals surface area contributed by atoms with E-state index in [1.165, 1.54) is 0 Å². The van der Waals surface area contributed by atoms with E-state index in [-0.39, 0.29) is 10.9 Å². The molecule has 1 atom stereocenters. The van der Waals surface area contributed by atoms with Crippen LogP contribution in [0.2, 0.25) is 0 Å². The molecule has 0 radical (unpaired) electrons. The number of hydrogen-bond acceptors (Lipinski definition) is 2. The third-order valence-corrected chi connectivity index (χ3v) is 4.22. The van der Waals surface area contributed by atoms with Gasteiger partial charge in [0.1, 0.15) is 4.88 Å². The molecule has 0 bridgehead atoms. The maximum atomic E-state index is 12.6. The van der Waals surface area contributed by atoms with Gasteiger partial charge in [0.25, 0.3) is 0 Å². The van der Waals surface area contributed by atoms with Crippen molar-refractivity contribution in [2.24, 2.45) is 0 Å². The number of hydrogen-bond donors (Lipinski definition) is 1. The third kappa shape index (κ3) is 0.995. The van der Waals surface area contributed by atoms with Crippen LogP contribution < -0.4 is 5.32 Å². The van der Waals surface area contributed by atoms with Gasteiger partial charge in [0.15, 0.2) is 0 Å². The summed E-state index contributed by atoms with van der Waals surface area (Å²) in [5, 5.41) is 3.23. The van der Waals surface area contributed by atoms with Crippen LogP contribution in [0.5, 0.6) is 0 Å². The lowest BCUT2D eigenvalue weighted by atomic mass is 10.1. The van der Waals surface area contributed by atoms with Crippen LogP contribution >= 0.6 is 11.3 Å². The van der Waals surface area contributed by atoms with Crippen molar-refractivity contribution < 1.29 is 13.2 Å². The number of alkyl halides is 3. The first-order valence-corrected chi connectivity index (χ1v) is 5.34. The molecule has 0 saturated heterocycles. The van der Waals surface area contributed by atoms with Crippen LogP contribution in [0.3, 0.4) is 0 Å². The van der Waals surface area contributed by atoms with E-state index in [1.807, 2.05) is 0 Å². The van der Waals surface area contributed by atoms with E-state index in [0.29, 0.717) is 18.5 Å². The SMILES string of the molecule is FC(F)(F)c1sc2c3c1CCC3NC2. The average Bonchev–Trinajstić information content (AvgIpc) is 2.70. The zero-order valence-corrected chi connectivity index (χ0v) is 8.06. The summed E-state index contributed by atoms with van der Waals surface area (Å²) in [6.07, 6.45) is -2.74. The van der Waals surface area contributed by atoms with E-state index < -0.39 is 6.18 Å². The van der Waals surface area contributed by atoms with Crippen molar-refractivity contribution in [3.8, 4) is 0 Å². The minimum absolute atomic E-state index is 0.201. The highest BCUT2D eigenvalue weighted by Gasteiger charge is 2.43. The Hall–Kier alpha value is -0.550. The zero-order chi connectivity index (χ0) is 9.92. The van der Waals surface area contributed by atoms with E-state index in [0.717, 1.165) is 28.2 Å². The summed E-state index contributed by atoms with van der Waals surface area (Å²) in [5.41, 5.74) is 1.52. The predicted molar refractivity (Wildman–Crippen MR) is 47.2 cm³/mol. The fourth-order valence-corrected chi connectivity index (χ4v) is 3.62. The summed E-state index contributed by atoms with van der Waals surface area (Å²) >= 11 is 0.923. The Morgan fingerprint density at radius 2 is 2.14 bits per heavy atom. The number of halogens is 3. The molecule has 0 amide bonds. The minimum atomic E-state index is -4.15. The smallest absolute Gasteiger partial charge is 0.305 e. The molecule has 1 aliphatic heterocycles. The Bertz CT molecular complexity index is 393. The zero-order valence-electron chi connectivity index (χ0n) is 7.24. The Labute approximate surface area is 82.9 Å². The molecule has 3 rings (SSSR count). The second kappa shape index (κ2) is 2.52. The van der Waals surface area contributed by atoms with Crippen molar-refractivity contribution in [1.82, 2.24) is 5.32 Å². The molecule has 1 aromatic heterocycles. The topological polar surface area (TPSA) is 12.0 Å². The summed E-state index contributed by atoms with van der Waals surface area (Å²) < 4.78 is 37.8. The van der Waals surface area contributed by atoms with Crippen LogP contribution in [0.4, 0.5) is 13.2 Å². The highest BCUT2D eigenvalue weighted by molar-refractivity contribution is 7.12. The second-order valence-corrected chi connectivity index (χ2v) is 4.82. The number of nitrogens with one attached hydrogen (secondary N) is 1. The summed E-state index contributed by atoms with van der Waals surface area (Å²) in [6.45, 7) is 0.619. The van der Waals surface area contributed by atoms with Crippen LogP contribution in [-0.4, -0.2) is 0 Å². The summed E-state index contributed by atoms with van der Waals surface area (Å²) in [5.74, 6) is 0. The van der Waals surface area contributed by atoms with Crippen LogP contribution in [0.15, 0.2) is 0 Å². The first-order chi connectivity index (χ1) is 6.57. The molecule has 0 spiro atoms. The van der Waals surface area contributed by atoms with Crippen molar-refractivity contribution in [2.75, 3.05) is 0 Å². The summed E-state index contributed by atoms with van der Waals surface area (Å²) in [7, 11) is 0. The molecule has 0 aromatic carbocycles. The highest BCUT2D eigenvalue weighted by Crippen LogP contribution is 2.49. The van der Waals surface area contributed by atoms with E-state index in [9.17, 15) is 13.2 Å². The van der Waals surface area contributed by atoms with Gasteiger partial charge in [-0.25, -0.2) is 0 Å². The van der Waals surface area contributed by atoms with Gasteiger partial charge in [-0.3, -0.25) is 0 Å². The Morgan fingerprint density at radius 3 is 2.86 bits per heavy atom. The molecule has 1 aliphatic carbocycles. The number of thiophene rings is 1. The summed E-state index contributed by atoms with van der Waals surface area (Å²) in [6, 6.07) is 0.201. The predicted octanol–water partition coefficient (Wildman–Crippen LogP) is 2.86. The van der Waals surface area contributed by atoms with Crippen LogP contribution in [-0.2, 0) is 19.1 Å². The molecule has 1 aromatic rings. The van der Waals surface area contributed by atoms with E-state index in [2.05, 4.69) is 5.32 Å². The van der Waals surface area contributed by atoms with E-state index in [4.69, 9.17) is 0 Å². The van der Waals surface area contributed by atoms with Gasteiger partial charge in [0, 0.05) is 17.5 Å². The van der Waals surface area contributed by atoms with Gasteiger partial charge in [-0.15, -0.1) is 11.3 Å². The molecule has 2 aliphatic rings. The largest absolute Gasteiger partial charge is 0.425 e. The van der Waals surface area contributed by atoms with Crippen molar-refractivity contribution in [1.29, 1.82) is 0 Å². The Morgan fingerprint density at radius 1 is 1.36 bits per heavy atom. The van der Waals surface area contributed by atoms with Gasteiger partial charge in [-0.1, -0.05) is 0 Å². The van der Waals surface area contributed by atoms with Gasteiger partial charge in [0.2, 0.25) is 0 Å². The molecular formula is C9H8F3NS. The normalized spacial score (nSPS) is 24.4. The highest BCUT2D eigenvalue weighted by atomic mass is 32.1. The molecule has 0 fully saturated rings. The van der Waals surface area contributed by atoms with Crippen molar-refractivity contribution in [3.63, 3.8) is 0 Å². The molecule has 1 N–H and O–H groups in total. The first kappa shape index (κ1) is 8.73. The lowest BCUT2D eigenvalue weighted by Crippen LogP contribution is -2.09. The van der Waals surface area contributed by atoms with Crippen LogP contribution in [0.25, 0.3) is 0 Å². The fraction of sp³-hybridized carbons (Fsp3) is 0.556. The van der Waals surface area contributed by atoms with Gasteiger partial charge < -0.3 is 5.32 Å². The second-order valence-electron chi connectivity index (χ2n) is 3.72. The van der Waals surface area contributed by atoms with E-state index in [1.54, 1.807) is 0 Å². The van der Waals surface area contributed by atoms with Gasteiger partial charge in [-0.05, 0) is 24.0 Å². The molecule has 76 valence electrons. The van der Waals surface area contributed by atoms with Gasteiger partial charge in [0.05, 0.1) is 0 Å².